The molecule has 0 aromatic heterocycles. The zero-order chi connectivity index (χ0) is 25.2. The molecule has 1 unspecified atom stereocenters. The second-order valence-electron chi connectivity index (χ2n) is 10.5. The van der Waals surface area contributed by atoms with Gasteiger partial charge in [-0.2, -0.15) is 0 Å². The summed E-state index contributed by atoms with van der Waals surface area (Å²) in [5.41, 5.74) is 1.75. The molecule has 1 amide bonds. The fraction of sp³-hybridized carbons (Fsp3) is 0.714. The van der Waals surface area contributed by atoms with Crippen LogP contribution in [0.25, 0.3) is 0 Å². The number of hydrogen-bond donors (Lipinski definition) is 0. The number of carbonyl (C=O) groups is 2. The number of nitrogens with zero attached hydrogens (tertiary/aromatic N) is 1. The average Bonchev–Trinajstić information content (AvgIpc) is 3.57. The van der Waals surface area contributed by atoms with Crippen molar-refractivity contribution < 1.29 is 23.8 Å². The van der Waals surface area contributed by atoms with E-state index in [0.29, 0.717) is 19.6 Å². The molecule has 34 heavy (non-hydrogen) atoms. The van der Waals surface area contributed by atoms with Crippen molar-refractivity contribution in [3.05, 3.63) is 35.4 Å². The minimum atomic E-state index is -0.592. The highest BCUT2D eigenvalue weighted by Crippen LogP contribution is 2.49. The van der Waals surface area contributed by atoms with E-state index in [1.807, 2.05) is 32.6 Å². The van der Waals surface area contributed by atoms with Crippen LogP contribution in [0, 0.1) is 0 Å². The van der Waals surface area contributed by atoms with Crippen molar-refractivity contribution in [1.82, 2.24) is 4.90 Å². The maximum Gasteiger partial charge on any atom is 0.410 e. The summed E-state index contributed by atoms with van der Waals surface area (Å²) in [6.07, 6.45) is 7.58. The van der Waals surface area contributed by atoms with E-state index in [9.17, 15) is 9.59 Å². The van der Waals surface area contributed by atoms with E-state index in [0.717, 1.165) is 37.8 Å². The van der Waals surface area contributed by atoms with E-state index in [4.69, 9.17) is 14.2 Å². The van der Waals surface area contributed by atoms with Crippen LogP contribution in [0.1, 0.15) is 90.7 Å². The van der Waals surface area contributed by atoms with Crippen LogP contribution in [0.4, 0.5) is 4.79 Å². The molecule has 1 aliphatic carbocycles. The van der Waals surface area contributed by atoms with Crippen molar-refractivity contribution in [2.75, 3.05) is 26.8 Å². The summed E-state index contributed by atoms with van der Waals surface area (Å²) in [6, 6.07) is 8.40. The smallest absolute Gasteiger partial charge is 0.410 e. The number of benzene rings is 1. The fourth-order valence-corrected chi connectivity index (χ4v) is 4.27. The normalized spacial score (nSPS) is 15.5. The number of esters is 1. The molecule has 192 valence electrons. The highest BCUT2D eigenvalue weighted by atomic mass is 16.6. The van der Waals surface area contributed by atoms with Crippen molar-refractivity contribution in [3.8, 4) is 0 Å². The Morgan fingerprint density at radius 2 is 1.68 bits per heavy atom. The van der Waals surface area contributed by atoms with Gasteiger partial charge < -0.3 is 19.1 Å². The second-order valence-corrected chi connectivity index (χ2v) is 10.5. The highest BCUT2D eigenvalue weighted by molar-refractivity contribution is 5.75. The molecule has 1 aromatic rings. The molecule has 1 aromatic carbocycles. The quantitative estimate of drug-likeness (QED) is 0.242. The summed E-state index contributed by atoms with van der Waals surface area (Å²) in [5.74, 6) is -0.350. The number of methoxy groups -OCH3 is 1. The number of carbonyl (C=O) groups excluding carboxylic acids is 2. The van der Waals surface area contributed by atoms with E-state index < -0.39 is 11.7 Å². The number of rotatable bonds is 14. The molecular formula is C28H45NO5. The van der Waals surface area contributed by atoms with Crippen molar-refractivity contribution in [1.29, 1.82) is 0 Å². The zero-order valence-corrected chi connectivity index (χ0v) is 22.2. The monoisotopic (exact) mass is 475 g/mol. The molecule has 1 saturated carbocycles. The zero-order valence-electron chi connectivity index (χ0n) is 22.2. The molecule has 0 N–H and O–H groups in total. The van der Waals surface area contributed by atoms with Gasteiger partial charge in [-0.3, -0.25) is 0 Å². The van der Waals surface area contributed by atoms with Gasteiger partial charge in [-0.1, -0.05) is 56.9 Å². The maximum absolute atomic E-state index is 13.0. The van der Waals surface area contributed by atoms with Crippen molar-refractivity contribution in [2.45, 2.75) is 103 Å². The molecule has 2 rings (SSSR count). The van der Waals surface area contributed by atoms with Crippen LogP contribution in [0.2, 0.25) is 0 Å². The first-order chi connectivity index (χ1) is 16.1. The third-order valence-corrected chi connectivity index (χ3v) is 6.35. The summed E-state index contributed by atoms with van der Waals surface area (Å²) < 4.78 is 16.2. The molecule has 0 spiro atoms. The van der Waals surface area contributed by atoms with Crippen molar-refractivity contribution in [2.24, 2.45) is 0 Å². The predicted molar refractivity (Wildman–Crippen MR) is 135 cm³/mol. The summed E-state index contributed by atoms with van der Waals surface area (Å²) in [5, 5.41) is 0. The molecule has 0 radical (unpaired) electrons. The van der Waals surface area contributed by atoms with Crippen LogP contribution in [-0.4, -0.2) is 55.5 Å². The van der Waals surface area contributed by atoms with Crippen LogP contribution in [-0.2, 0) is 30.8 Å². The molecule has 0 saturated heterocycles. The van der Waals surface area contributed by atoms with E-state index in [-0.39, 0.29) is 17.5 Å². The molecule has 0 bridgehead atoms. The Bertz CT molecular complexity index is 764. The number of hydrogen-bond acceptors (Lipinski definition) is 5. The Labute approximate surface area is 206 Å². The van der Waals surface area contributed by atoms with Gasteiger partial charge >= 0.3 is 12.1 Å². The molecule has 0 aliphatic heterocycles. The van der Waals surface area contributed by atoms with Gasteiger partial charge in [0.05, 0.1) is 7.11 Å². The topological polar surface area (TPSA) is 65.1 Å². The molecule has 1 fully saturated rings. The fourth-order valence-electron chi connectivity index (χ4n) is 4.27. The van der Waals surface area contributed by atoms with Crippen LogP contribution in [0.5, 0.6) is 0 Å². The van der Waals surface area contributed by atoms with E-state index >= 15 is 0 Å². The molecule has 0 heterocycles. The first kappa shape index (κ1) is 28.2. The summed E-state index contributed by atoms with van der Waals surface area (Å²) in [6.45, 7) is 11.7. The van der Waals surface area contributed by atoms with Crippen molar-refractivity contribution >= 4 is 12.1 Å². The standard InChI is InChI=1S/C28H45NO5/c1-7-9-10-11-12-19-29(26(31)34-27(3,4)5)21-28(17-18-28)23-15-13-22(14-16-23)20-24(33-8-2)25(30)32-6/h13-16,24H,7-12,17-21H2,1-6H3. The van der Waals surface area contributed by atoms with E-state index in [2.05, 4.69) is 31.2 Å². The number of unbranched alkanes of at least 4 members (excludes halogenated alkanes) is 4. The number of ether oxygens (including phenoxy) is 3. The minimum Gasteiger partial charge on any atom is -0.467 e. The Morgan fingerprint density at radius 1 is 1.03 bits per heavy atom. The summed E-state index contributed by atoms with van der Waals surface area (Å²) >= 11 is 0. The lowest BCUT2D eigenvalue weighted by Crippen LogP contribution is -2.41. The van der Waals surface area contributed by atoms with Crippen LogP contribution in [0.15, 0.2) is 24.3 Å². The Kier molecular flexibility index (Phi) is 10.9. The van der Waals surface area contributed by atoms with Gasteiger partial charge in [-0.15, -0.1) is 0 Å². The second kappa shape index (κ2) is 13.1. The molecule has 1 atom stereocenters. The molecular weight excluding hydrogens is 430 g/mol. The first-order valence-electron chi connectivity index (χ1n) is 12.9. The minimum absolute atomic E-state index is 0.0134. The predicted octanol–water partition coefficient (Wildman–Crippen LogP) is 6.05. The average molecular weight is 476 g/mol. The molecule has 6 nitrogen and oxygen atoms in total. The van der Waals surface area contributed by atoms with Gasteiger partial charge in [0.1, 0.15) is 5.60 Å². The van der Waals surface area contributed by atoms with Crippen molar-refractivity contribution in [3.63, 3.8) is 0 Å². The van der Waals surface area contributed by atoms with Crippen LogP contribution < -0.4 is 0 Å². The van der Waals surface area contributed by atoms with Crippen LogP contribution in [0.3, 0.4) is 0 Å². The van der Waals surface area contributed by atoms with Gasteiger partial charge in [-0.05, 0) is 58.1 Å². The summed E-state index contributed by atoms with van der Waals surface area (Å²) in [7, 11) is 1.38. The largest absolute Gasteiger partial charge is 0.467 e. The van der Waals surface area contributed by atoms with E-state index in [1.165, 1.54) is 31.9 Å². The summed E-state index contributed by atoms with van der Waals surface area (Å²) in [4.78, 5) is 26.9. The van der Waals surface area contributed by atoms with Gasteiger partial charge in [-0.25, -0.2) is 9.59 Å². The van der Waals surface area contributed by atoms with Gasteiger partial charge in [0.25, 0.3) is 0 Å². The SMILES string of the molecule is CCCCCCCN(CC1(c2ccc(CC(OCC)C(=O)OC)cc2)CC1)C(=O)OC(C)(C)C. The van der Waals surface area contributed by atoms with Gasteiger partial charge in [0.2, 0.25) is 0 Å². The Hall–Kier alpha value is -2.08. The Balaban J connectivity index is 2.07. The van der Waals surface area contributed by atoms with Gasteiger partial charge in [0.15, 0.2) is 6.10 Å². The lowest BCUT2D eigenvalue weighted by Gasteiger charge is -2.31. The number of amides is 1. The lowest BCUT2D eigenvalue weighted by molar-refractivity contribution is -0.153. The molecule has 6 heteroatoms. The van der Waals surface area contributed by atoms with Gasteiger partial charge in [0, 0.05) is 31.5 Å². The third-order valence-electron chi connectivity index (χ3n) is 6.35. The first-order valence-corrected chi connectivity index (χ1v) is 12.9. The molecule has 1 aliphatic rings. The maximum atomic E-state index is 13.0. The third kappa shape index (κ3) is 8.94. The Morgan fingerprint density at radius 3 is 2.21 bits per heavy atom. The highest BCUT2D eigenvalue weighted by Gasteiger charge is 2.46. The lowest BCUT2D eigenvalue weighted by atomic mass is 9.93. The van der Waals surface area contributed by atoms with Crippen LogP contribution >= 0.6 is 0 Å². The van der Waals surface area contributed by atoms with E-state index in [1.54, 1.807) is 0 Å².